The quantitative estimate of drug-likeness (QED) is 0.122. The SMILES string of the molecule is c1ccc(-c2cc(-c3ccccc3)nc(-n3c4ccccc4c4cc(-c5ccc6c(c5)c5ccccc5n6-c5ccc6c(c5)c5ccccc5n6-c5ccccc5)ccc43)c2)cc1.c1ccc(-c2nc(-c3ccccc3)nc(-n3c4ccccc4c4cc(-c5ccc6c(c5)c5ccccc5n6-c5ccc6c(c5)c5ccccc5n6-c5ccccc5)ccc43)n2)cc1. The fourth-order valence-corrected chi connectivity index (χ4v) is 19.6. The van der Waals surface area contributed by atoms with E-state index in [0.717, 1.165) is 106 Å². The minimum atomic E-state index is 0.582. The third-order valence-corrected chi connectivity index (χ3v) is 25.3. The summed E-state index contributed by atoms with van der Waals surface area (Å²) in [6, 6.07) is 161. The average molecular weight is 1610 g/mol. The Balaban J connectivity index is 0.000000137. The van der Waals surface area contributed by atoms with Gasteiger partial charge in [0.2, 0.25) is 5.95 Å². The van der Waals surface area contributed by atoms with Crippen LogP contribution in [0.15, 0.2) is 449 Å². The minimum Gasteiger partial charge on any atom is -0.309 e. The second-order valence-corrected chi connectivity index (χ2v) is 32.5. The van der Waals surface area contributed by atoms with E-state index in [1.54, 1.807) is 0 Å². The Morgan fingerprint density at radius 2 is 0.397 bits per heavy atom. The van der Waals surface area contributed by atoms with Crippen molar-refractivity contribution in [1.82, 2.24) is 47.3 Å². The molecule has 0 bridgehead atoms. The van der Waals surface area contributed by atoms with E-state index in [0.29, 0.717) is 17.6 Å². The molecule has 0 aliphatic rings. The smallest absolute Gasteiger partial charge is 0.238 e. The van der Waals surface area contributed by atoms with Crippen LogP contribution in [0, 0.1) is 0 Å². The van der Waals surface area contributed by atoms with Crippen LogP contribution in [0.3, 0.4) is 0 Å². The molecule has 8 aromatic heterocycles. The lowest BCUT2D eigenvalue weighted by Gasteiger charge is -2.13. The van der Waals surface area contributed by atoms with Gasteiger partial charge in [-0.05, 0) is 191 Å². The van der Waals surface area contributed by atoms with Gasteiger partial charge in [-0.2, -0.15) is 9.97 Å². The maximum atomic E-state index is 5.35. The fourth-order valence-electron chi connectivity index (χ4n) is 19.6. The monoisotopic (exact) mass is 1610 g/mol. The van der Waals surface area contributed by atoms with Crippen molar-refractivity contribution in [3.8, 4) is 102 Å². The summed E-state index contributed by atoms with van der Waals surface area (Å²) in [6.45, 7) is 0. The third-order valence-electron chi connectivity index (χ3n) is 25.3. The van der Waals surface area contributed by atoms with Crippen LogP contribution >= 0.6 is 0 Å². The minimum absolute atomic E-state index is 0.582. The van der Waals surface area contributed by atoms with E-state index >= 15 is 0 Å². The van der Waals surface area contributed by atoms with E-state index in [4.69, 9.17) is 19.9 Å². The lowest BCUT2D eigenvalue weighted by molar-refractivity contribution is 0.953. The molecule has 10 nitrogen and oxygen atoms in total. The second-order valence-electron chi connectivity index (χ2n) is 32.5. The van der Waals surface area contributed by atoms with Crippen molar-refractivity contribution in [3.05, 3.63) is 449 Å². The zero-order valence-corrected chi connectivity index (χ0v) is 68.2. The number of fused-ring (bicyclic) bond motifs is 18. The summed E-state index contributed by atoms with van der Waals surface area (Å²) in [7, 11) is 0. The van der Waals surface area contributed by atoms with Crippen LogP contribution in [-0.4, -0.2) is 47.3 Å². The number of rotatable bonds is 12. The van der Waals surface area contributed by atoms with Crippen LogP contribution in [-0.2, 0) is 0 Å². The molecule has 0 aliphatic carbocycles. The molecule has 26 aromatic rings. The van der Waals surface area contributed by atoms with Crippen molar-refractivity contribution in [2.45, 2.75) is 0 Å². The van der Waals surface area contributed by atoms with Crippen molar-refractivity contribution in [1.29, 1.82) is 0 Å². The molecule has 0 N–H and O–H groups in total. The summed E-state index contributed by atoms with van der Waals surface area (Å²) in [5, 5.41) is 14.5. The summed E-state index contributed by atoms with van der Waals surface area (Å²) >= 11 is 0. The molecule has 0 radical (unpaired) electrons. The Morgan fingerprint density at radius 1 is 0.135 bits per heavy atom. The van der Waals surface area contributed by atoms with Gasteiger partial charge in [-0.1, -0.05) is 291 Å². The first kappa shape index (κ1) is 71.8. The highest BCUT2D eigenvalue weighted by atomic mass is 15.2. The van der Waals surface area contributed by atoms with Crippen molar-refractivity contribution in [2.75, 3.05) is 0 Å². The third kappa shape index (κ3) is 11.8. The normalized spacial score (nSPS) is 11.8. The first-order chi connectivity index (χ1) is 62.5. The van der Waals surface area contributed by atoms with Gasteiger partial charge in [-0.3, -0.25) is 9.13 Å². The summed E-state index contributed by atoms with van der Waals surface area (Å²) in [6.07, 6.45) is 0. The summed E-state index contributed by atoms with van der Waals surface area (Å²) in [5.74, 6) is 2.74. The van der Waals surface area contributed by atoms with Gasteiger partial charge in [0.15, 0.2) is 11.6 Å². The Morgan fingerprint density at radius 3 is 0.762 bits per heavy atom. The first-order valence-corrected chi connectivity index (χ1v) is 42.8. The predicted molar refractivity (Wildman–Crippen MR) is 523 cm³/mol. The van der Waals surface area contributed by atoms with Gasteiger partial charge < -0.3 is 18.3 Å². The molecule has 126 heavy (non-hydrogen) atoms. The molecule has 0 fully saturated rings. The number of benzene rings is 18. The maximum absolute atomic E-state index is 5.35. The van der Waals surface area contributed by atoms with E-state index in [2.05, 4.69) is 416 Å². The zero-order valence-electron chi connectivity index (χ0n) is 68.2. The van der Waals surface area contributed by atoms with Gasteiger partial charge in [0.1, 0.15) is 5.82 Å². The van der Waals surface area contributed by atoms with Crippen molar-refractivity contribution in [2.24, 2.45) is 0 Å². The molecule has 8 heterocycles. The molecule has 0 spiro atoms. The van der Waals surface area contributed by atoms with Gasteiger partial charge in [-0.25, -0.2) is 9.97 Å². The van der Waals surface area contributed by atoms with Crippen LogP contribution in [0.5, 0.6) is 0 Å². The molecule has 0 unspecified atom stereocenters. The number of para-hydroxylation sites is 8. The lowest BCUT2D eigenvalue weighted by atomic mass is 10.0. The van der Waals surface area contributed by atoms with Crippen LogP contribution in [0.1, 0.15) is 0 Å². The van der Waals surface area contributed by atoms with Crippen LogP contribution < -0.4 is 0 Å². The largest absolute Gasteiger partial charge is 0.309 e. The summed E-state index contributed by atoms with van der Waals surface area (Å²) in [5.41, 5.74) is 29.3. The topological polar surface area (TPSA) is 81.1 Å². The van der Waals surface area contributed by atoms with E-state index in [1.807, 2.05) is 60.7 Å². The van der Waals surface area contributed by atoms with Gasteiger partial charge in [0.25, 0.3) is 0 Å². The molecular formula is C116H74N10. The molecular weight excluding hydrogens is 1530 g/mol. The molecule has 10 heteroatoms. The summed E-state index contributed by atoms with van der Waals surface area (Å²) < 4.78 is 14.1. The standard InChI is InChI=1S/C59H38N4.C57H36N6/c1-4-16-39(17-5-1)43-36-52(40-18-6-2-7-19-40)60-59(37-43)63-55-27-15-12-23-47(55)50-35-42(29-32-58(50)63)41-28-31-56-49(34-41)46-22-10-14-26-54(46)62(56)45-30-33-57-51(38-45)48-24-11-13-25-53(48)61(57)44-20-8-3-9-21-44;1-4-16-37(17-5-1)55-58-56(38-18-6-2-7-19-38)60-57(59-55)63-51-27-15-12-23-44(51)47-35-40(29-32-54(47)63)39-28-31-52-46(34-39)43-22-10-14-26-50(43)62(52)42-30-33-53-48(36-42)45-24-11-13-25-49(45)61(53)41-20-8-3-9-21-41/h1-38H;1-36H. The highest BCUT2D eigenvalue weighted by molar-refractivity contribution is 6.17. The number of nitrogens with zero attached hydrogens (tertiary/aromatic N) is 10. The second kappa shape index (κ2) is 29.4. The fraction of sp³-hybridized carbons (Fsp3) is 0. The molecule has 0 atom stereocenters. The molecule has 26 rings (SSSR count). The lowest BCUT2D eigenvalue weighted by Crippen LogP contribution is -2.06. The van der Waals surface area contributed by atoms with Crippen LogP contribution in [0.25, 0.3) is 233 Å². The van der Waals surface area contributed by atoms with Crippen molar-refractivity contribution < 1.29 is 0 Å². The van der Waals surface area contributed by atoms with Crippen molar-refractivity contribution in [3.63, 3.8) is 0 Å². The Bertz CT molecular complexity index is 8190. The maximum Gasteiger partial charge on any atom is 0.238 e. The van der Waals surface area contributed by atoms with Crippen molar-refractivity contribution >= 4 is 131 Å². The first-order valence-electron chi connectivity index (χ1n) is 42.8. The van der Waals surface area contributed by atoms with Crippen LogP contribution in [0.4, 0.5) is 0 Å². The summed E-state index contributed by atoms with van der Waals surface area (Å²) in [4.78, 5) is 20.6. The molecule has 588 valence electrons. The highest BCUT2D eigenvalue weighted by Gasteiger charge is 2.25. The van der Waals surface area contributed by atoms with Gasteiger partial charge in [0.05, 0.1) is 71.9 Å². The molecule has 0 saturated heterocycles. The van der Waals surface area contributed by atoms with Gasteiger partial charge in [-0.15, -0.1) is 0 Å². The molecule has 0 saturated carbocycles. The molecule has 18 aromatic carbocycles. The van der Waals surface area contributed by atoms with E-state index < -0.39 is 0 Å². The van der Waals surface area contributed by atoms with Crippen LogP contribution in [0.2, 0.25) is 0 Å². The predicted octanol–water partition coefficient (Wildman–Crippen LogP) is 29.5. The number of aromatic nitrogens is 10. The number of pyridine rings is 1. The average Bonchev–Trinajstić information content (AvgIpc) is 1.58. The van der Waals surface area contributed by atoms with Gasteiger partial charge >= 0.3 is 0 Å². The molecule has 0 aliphatic heterocycles. The number of hydrogen-bond acceptors (Lipinski definition) is 4. The Labute approximate surface area is 724 Å². The van der Waals surface area contributed by atoms with Gasteiger partial charge in [0, 0.05) is 104 Å². The number of hydrogen-bond donors (Lipinski definition) is 0. The zero-order chi connectivity index (χ0) is 82.9. The Hall–Kier alpha value is -17.1. The van der Waals surface area contributed by atoms with E-state index in [-0.39, 0.29) is 0 Å². The van der Waals surface area contributed by atoms with E-state index in [1.165, 1.54) is 109 Å². The Kier molecular flexibility index (Phi) is 16.7. The molecule has 0 amide bonds. The highest BCUT2D eigenvalue weighted by Crippen LogP contribution is 2.45. The van der Waals surface area contributed by atoms with E-state index in [9.17, 15) is 0 Å².